The van der Waals surface area contributed by atoms with Crippen molar-refractivity contribution in [3.63, 3.8) is 0 Å². The molecule has 10 nitrogen and oxygen atoms in total. The molecule has 216 valence electrons. The molecule has 0 unspecified atom stereocenters. The van der Waals surface area contributed by atoms with Crippen molar-refractivity contribution in [2.75, 3.05) is 33.9 Å². The van der Waals surface area contributed by atoms with Gasteiger partial charge in [-0.05, 0) is 60.4 Å². The number of ether oxygens (including phenoxy) is 3. The van der Waals surface area contributed by atoms with E-state index in [2.05, 4.69) is 6.92 Å². The number of nitrogens with zero attached hydrogens (tertiary/aromatic N) is 2. The smallest absolute Gasteiger partial charge is 0.328 e. The van der Waals surface area contributed by atoms with E-state index in [-0.39, 0.29) is 34.3 Å². The molecule has 4 aliphatic rings. The number of fused-ring (bicyclic) bond motifs is 1. The lowest BCUT2D eigenvalue weighted by Gasteiger charge is -2.45. The number of hydrogen-bond donors (Lipinski definition) is 0. The van der Waals surface area contributed by atoms with Crippen molar-refractivity contribution in [2.24, 2.45) is 16.7 Å². The predicted octanol–water partition coefficient (Wildman–Crippen LogP) is 3.02. The summed E-state index contributed by atoms with van der Waals surface area (Å²) in [5.41, 5.74) is -1.86. The fraction of sp³-hybridized carbons (Fsp3) is 0.536. The van der Waals surface area contributed by atoms with E-state index in [1.54, 1.807) is 18.2 Å². The molecule has 2 saturated carbocycles. The first-order valence-corrected chi connectivity index (χ1v) is 16.3. The zero-order chi connectivity index (χ0) is 28.7. The highest BCUT2D eigenvalue weighted by molar-refractivity contribution is 7.89. The molecule has 2 aromatic rings. The zero-order valence-corrected chi connectivity index (χ0v) is 24.7. The van der Waals surface area contributed by atoms with Crippen molar-refractivity contribution in [1.82, 2.24) is 8.61 Å². The van der Waals surface area contributed by atoms with Gasteiger partial charge in [0.25, 0.3) is 0 Å². The first kappa shape index (κ1) is 27.5. The number of carbonyl (C=O) groups is 1. The van der Waals surface area contributed by atoms with Crippen LogP contribution < -0.4 is 9.47 Å². The predicted molar refractivity (Wildman–Crippen MR) is 145 cm³/mol. The molecular weight excluding hydrogens is 556 g/mol. The van der Waals surface area contributed by atoms with E-state index >= 15 is 0 Å². The van der Waals surface area contributed by atoms with E-state index in [0.29, 0.717) is 43.1 Å². The highest BCUT2D eigenvalue weighted by Crippen LogP contribution is 2.76. The van der Waals surface area contributed by atoms with Crippen LogP contribution in [-0.4, -0.2) is 70.8 Å². The van der Waals surface area contributed by atoms with E-state index < -0.39 is 37.0 Å². The van der Waals surface area contributed by atoms with Gasteiger partial charge in [-0.3, -0.25) is 0 Å². The molecular formula is C28H34N2O8S2. The summed E-state index contributed by atoms with van der Waals surface area (Å²) in [5, 5.41) is 0. The molecule has 6 rings (SSSR count). The Morgan fingerprint density at radius 1 is 1.02 bits per heavy atom. The van der Waals surface area contributed by atoms with Crippen LogP contribution in [0.1, 0.15) is 38.7 Å². The Kier molecular flexibility index (Phi) is 6.13. The Labute approximate surface area is 235 Å². The second kappa shape index (κ2) is 8.91. The second-order valence-corrected chi connectivity index (χ2v) is 15.9. The van der Waals surface area contributed by atoms with Gasteiger partial charge in [-0.2, -0.15) is 4.31 Å². The van der Waals surface area contributed by atoms with Crippen molar-refractivity contribution in [1.29, 1.82) is 0 Å². The van der Waals surface area contributed by atoms with Crippen LogP contribution in [0.25, 0.3) is 0 Å². The molecule has 4 atom stereocenters. The number of esters is 1. The second-order valence-electron chi connectivity index (χ2n) is 11.9. The maximum absolute atomic E-state index is 14.2. The SMILES string of the molecule is CN(C)S(=O)(=O)c1cccc(COC(=O)[C@@]23C[C@H]4CC[C@@]2(C)[C@@]4(C)CN3S(=O)(=O)c2ccc3c(c2)OCCO3)c1. The summed E-state index contributed by atoms with van der Waals surface area (Å²) in [7, 11) is -4.88. The molecule has 2 aliphatic carbocycles. The van der Waals surface area contributed by atoms with Gasteiger partial charge in [0.1, 0.15) is 25.4 Å². The lowest BCUT2D eigenvalue weighted by Crippen LogP contribution is -2.61. The summed E-state index contributed by atoms with van der Waals surface area (Å²) in [5.74, 6) is 0.451. The van der Waals surface area contributed by atoms with Crippen LogP contribution in [0.5, 0.6) is 11.5 Å². The summed E-state index contributed by atoms with van der Waals surface area (Å²) < 4.78 is 73.2. The minimum absolute atomic E-state index is 0.0427. The monoisotopic (exact) mass is 590 g/mol. The van der Waals surface area contributed by atoms with Crippen molar-refractivity contribution < 1.29 is 35.8 Å². The van der Waals surface area contributed by atoms with Gasteiger partial charge in [-0.1, -0.05) is 26.0 Å². The van der Waals surface area contributed by atoms with Crippen LogP contribution in [0, 0.1) is 16.7 Å². The third-order valence-corrected chi connectivity index (χ3v) is 13.7. The van der Waals surface area contributed by atoms with Crippen LogP contribution >= 0.6 is 0 Å². The summed E-state index contributed by atoms with van der Waals surface area (Å²) in [4.78, 5) is 14.3. The maximum Gasteiger partial charge on any atom is 0.328 e. The highest BCUT2D eigenvalue weighted by Gasteiger charge is 2.82. The minimum atomic E-state index is -4.11. The molecule has 4 bridgehead atoms. The normalized spacial score (nSPS) is 31.1. The topological polar surface area (TPSA) is 120 Å². The molecule has 2 aromatic carbocycles. The summed E-state index contributed by atoms with van der Waals surface area (Å²) in [6.45, 7) is 4.87. The van der Waals surface area contributed by atoms with Crippen LogP contribution in [0.15, 0.2) is 52.3 Å². The van der Waals surface area contributed by atoms with E-state index in [9.17, 15) is 21.6 Å². The number of hydrogen-bond acceptors (Lipinski definition) is 8. The Morgan fingerprint density at radius 2 is 1.75 bits per heavy atom. The number of benzene rings is 2. The lowest BCUT2D eigenvalue weighted by molar-refractivity contribution is -0.162. The summed E-state index contributed by atoms with van der Waals surface area (Å²) in [6, 6.07) is 10.8. The standard InChI is InChI=1S/C28H34N2O8S2/c1-26-18-30(40(34,35)22-8-9-23-24(15-22)37-13-12-36-23)28(16-20(26)10-11-27(26,28)2)25(31)38-17-19-6-5-7-21(14-19)39(32,33)29(3)4/h5-9,14-15,20H,10-13,16-18H2,1-4H3/t20-,26+,27+,28+/m1/s1. The quantitative estimate of drug-likeness (QED) is 0.452. The van der Waals surface area contributed by atoms with Crippen molar-refractivity contribution >= 4 is 26.0 Å². The average molecular weight is 591 g/mol. The van der Waals surface area contributed by atoms with Gasteiger partial charge >= 0.3 is 5.97 Å². The van der Waals surface area contributed by atoms with E-state index in [0.717, 1.165) is 10.7 Å². The minimum Gasteiger partial charge on any atom is -0.486 e. The van der Waals surface area contributed by atoms with Crippen LogP contribution in [0.4, 0.5) is 0 Å². The van der Waals surface area contributed by atoms with Crippen LogP contribution in [0.3, 0.4) is 0 Å². The Bertz CT molecular complexity index is 1610. The van der Waals surface area contributed by atoms with E-state index in [1.807, 2.05) is 6.92 Å². The van der Waals surface area contributed by atoms with Crippen LogP contribution in [0.2, 0.25) is 0 Å². The first-order chi connectivity index (χ1) is 18.8. The fourth-order valence-electron chi connectivity index (χ4n) is 7.51. The molecule has 0 spiro atoms. The van der Waals surface area contributed by atoms with Gasteiger partial charge < -0.3 is 14.2 Å². The highest BCUT2D eigenvalue weighted by atomic mass is 32.2. The molecule has 0 radical (unpaired) electrons. The summed E-state index contributed by atoms with van der Waals surface area (Å²) in [6.07, 6.45) is 2.04. The lowest BCUT2D eigenvalue weighted by atomic mass is 9.66. The third-order valence-electron chi connectivity index (χ3n) is 9.99. The molecule has 40 heavy (non-hydrogen) atoms. The van der Waals surface area contributed by atoms with Gasteiger partial charge in [-0.25, -0.2) is 25.9 Å². The molecule has 0 amide bonds. The molecule has 1 saturated heterocycles. The van der Waals surface area contributed by atoms with Gasteiger partial charge in [-0.15, -0.1) is 0 Å². The zero-order valence-electron chi connectivity index (χ0n) is 23.0. The molecule has 3 fully saturated rings. The van der Waals surface area contributed by atoms with E-state index in [1.165, 1.54) is 42.7 Å². The van der Waals surface area contributed by atoms with E-state index in [4.69, 9.17) is 14.2 Å². The molecule has 0 N–H and O–H groups in total. The number of rotatable bonds is 7. The van der Waals surface area contributed by atoms with Crippen LogP contribution in [-0.2, 0) is 36.2 Å². The van der Waals surface area contributed by atoms with Gasteiger partial charge in [0, 0.05) is 32.1 Å². The molecule has 2 aliphatic heterocycles. The number of piperidine rings is 1. The fourth-order valence-corrected chi connectivity index (χ4v) is 10.4. The van der Waals surface area contributed by atoms with Crippen molar-refractivity contribution in [2.45, 2.75) is 55.0 Å². The number of sulfonamides is 2. The summed E-state index contributed by atoms with van der Waals surface area (Å²) >= 11 is 0. The average Bonchev–Trinajstić information content (AvgIpc) is 3.40. The molecule has 0 aromatic heterocycles. The molecule has 2 heterocycles. The largest absolute Gasteiger partial charge is 0.486 e. The maximum atomic E-state index is 14.2. The van der Waals surface area contributed by atoms with Gasteiger partial charge in [0.15, 0.2) is 11.5 Å². The van der Waals surface area contributed by atoms with Crippen molar-refractivity contribution in [3.05, 3.63) is 48.0 Å². The molecule has 12 heteroatoms. The van der Waals surface area contributed by atoms with Gasteiger partial charge in [0.2, 0.25) is 20.0 Å². The Balaban J connectivity index is 1.34. The third kappa shape index (κ3) is 3.55. The Morgan fingerprint density at radius 3 is 2.45 bits per heavy atom. The van der Waals surface area contributed by atoms with Gasteiger partial charge in [0.05, 0.1) is 9.79 Å². The number of carbonyl (C=O) groups excluding carboxylic acids is 1. The Hall–Kier alpha value is -2.67. The van der Waals surface area contributed by atoms with Crippen molar-refractivity contribution in [3.8, 4) is 11.5 Å². The first-order valence-electron chi connectivity index (χ1n) is 13.4.